The Morgan fingerprint density at radius 1 is 1.48 bits per heavy atom. The molecule has 0 aromatic carbocycles. The van der Waals surface area contributed by atoms with E-state index in [0.717, 1.165) is 0 Å². The van der Waals surface area contributed by atoms with Crippen LogP contribution in [0.3, 0.4) is 0 Å². The molecule has 2 N–H and O–H groups in total. The van der Waals surface area contributed by atoms with E-state index in [1.54, 1.807) is 37.5 Å². The minimum atomic E-state index is -0.426. The van der Waals surface area contributed by atoms with E-state index in [0.29, 0.717) is 11.3 Å². The van der Waals surface area contributed by atoms with Gasteiger partial charge in [0, 0.05) is 19.8 Å². The summed E-state index contributed by atoms with van der Waals surface area (Å²) in [5, 5.41) is 11.1. The summed E-state index contributed by atoms with van der Waals surface area (Å²) >= 11 is 0. The minimum absolute atomic E-state index is 0.00811. The van der Waals surface area contributed by atoms with E-state index >= 15 is 0 Å². The zero-order chi connectivity index (χ0) is 16.6. The lowest BCUT2D eigenvalue weighted by atomic mass is 10.2. The molecule has 0 unspecified atom stereocenters. The third-order valence-corrected chi connectivity index (χ3v) is 3.60. The van der Waals surface area contributed by atoms with Gasteiger partial charge < -0.3 is 9.88 Å². The zero-order valence-corrected chi connectivity index (χ0v) is 12.5. The molecule has 7 heteroatoms. The lowest BCUT2D eigenvalue weighted by molar-refractivity contribution is 0.0955. The molecule has 116 valence electrons. The predicted octanol–water partition coefficient (Wildman–Crippen LogP) is 0.581. The van der Waals surface area contributed by atoms with E-state index in [2.05, 4.69) is 16.9 Å². The van der Waals surface area contributed by atoms with E-state index < -0.39 is 5.91 Å². The highest BCUT2D eigenvalue weighted by Crippen LogP contribution is 2.08. The Balaban J connectivity index is 2.36. The second-order valence-corrected chi connectivity index (χ2v) is 5.05. The molecule has 0 spiro atoms. The SMILES string of the molecule is C=CCNC(=O)c1cc2c(=O)n3ccccc3nc2n(C)c1=N. The molecule has 23 heavy (non-hydrogen) atoms. The van der Waals surface area contributed by atoms with Crippen molar-refractivity contribution in [3.63, 3.8) is 0 Å². The number of aromatic nitrogens is 3. The summed E-state index contributed by atoms with van der Waals surface area (Å²) in [6.45, 7) is 3.82. The van der Waals surface area contributed by atoms with Crippen molar-refractivity contribution in [2.24, 2.45) is 7.05 Å². The number of hydrogen-bond donors (Lipinski definition) is 2. The van der Waals surface area contributed by atoms with Crippen LogP contribution in [-0.4, -0.2) is 26.4 Å². The summed E-state index contributed by atoms with van der Waals surface area (Å²) in [6, 6.07) is 6.66. The first-order valence-electron chi connectivity index (χ1n) is 6.99. The average molecular weight is 309 g/mol. The van der Waals surface area contributed by atoms with Gasteiger partial charge in [-0.25, -0.2) is 4.98 Å². The van der Waals surface area contributed by atoms with Gasteiger partial charge in [0.15, 0.2) is 0 Å². The maximum atomic E-state index is 12.6. The van der Waals surface area contributed by atoms with Gasteiger partial charge in [0.2, 0.25) is 0 Å². The van der Waals surface area contributed by atoms with Crippen LogP contribution in [0.1, 0.15) is 10.4 Å². The maximum Gasteiger partial charge on any atom is 0.267 e. The van der Waals surface area contributed by atoms with Crippen molar-refractivity contribution in [1.29, 1.82) is 5.41 Å². The summed E-state index contributed by atoms with van der Waals surface area (Å²) in [5.41, 5.74) is 0.692. The Morgan fingerprint density at radius 2 is 2.26 bits per heavy atom. The quantitative estimate of drug-likeness (QED) is 0.547. The number of hydrogen-bond acceptors (Lipinski definition) is 4. The summed E-state index contributed by atoms with van der Waals surface area (Å²) < 4.78 is 2.85. The number of fused-ring (bicyclic) bond motifs is 2. The maximum absolute atomic E-state index is 12.6. The van der Waals surface area contributed by atoms with Crippen LogP contribution in [0.4, 0.5) is 0 Å². The second kappa shape index (κ2) is 5.53. The van der Waals surface area contributed by atoms with Crippen LogP contribution in [0.2, 0.25) is 0 Å². The summed E-state index contributed by atoms with van der Waals surface area (Å²) in [7, 11) is 1.61. The fourth-order valence-electron chi connectivity index (χ4n) is 2.41. The number of rotatable bonds is 3. The third-order valence-electron chi connectivity index (χ3n) is 3.60. The standard InChI is InChI=1S/C16H15N5O2/c1-3-7-18-15(22)10-9-11-14(20(2)13(10)17)19-12-6-4-5-8-21(12)16(11)23/h3-6,8-9,17H,1,7H2,2H3,(H,18,22). The Labute approximate surface area is 131 Å². The van der Waals surface area contributed by atoms with E-state index in [4.69, 9.17) is 5.41 Å². The van der Waals surface area contributed by atoms with Crippen molar-refractivity contribution in [3.8, 4) is 0 Å². The van der Waals surface area contributed by atoms with Gasteiger partial charge in [-0.05, 0) is 18.2 Å². The fraction of sp³-hybridized carbons (Fsp3) is 0.125. The Hall–Kier alpha value is -3.22. The third kappa shape index (κ3) is 2.32. The number of nitrogens with zero attached hydrogens (tertiary/aromatic N) is 3. The largest absolute Gasteiger partial charge is 0.348 e. The van der Waals surface area contributed by atoms with Gasteiger partial charge in [-0.15, -0.1) is 6.58 Å². The lowest BCUT2D eigenvalue weighted by Crippen LogP contribution is -2.34. The van der Waals surface area contributed by atoms with Gasteiger partial charge in [-0.3, -0.25) is 19.4 Å². The van der Waals surface area contributed by atoms with Crippen LogP contribution >= 0.6 is 0 Å². The average Bonchev–Trinajstić information content (AvgIpc) is 2.56. The van der Waals surface area contributed by atoms with Crippen LogP contribution in [0.5, 0.6) is 0 Å². The molecule has 3 rings (SSSR count). The fourth-order valence-corrected chi connectivity index (χ4v) is 2.41. The smallest absolute Gasteiger partial charge is 0.267 e. The van der Waals surface area contributed by atoms with E-state index in [-0.39, 0.29) is 28.5 Å². The topological polar surface area (TPSA) is 92.2 Å². The monoisotopic (exact) mass is 309 g/mol. The number of carbonyl (C=O) groups is 1. The summed E-state index contributed by atoms with van der Waals surface area (Å²) in [5.74, 6) is -0.426. The van der Waals surface area contributed by atoms with Gasteiger partial charge in [-0.1, -0.05) is 12.1 Å². The van der Waals surface area contributed by atoms with E-state index in [1.807, 2.05) is 0 Å². The van der Waals surface area contributed by atoms with Gasteiger partial charge in [0.25, 0.3) is 11.5 Å². The van der Waals surface area contributed by atoms with Crippen molar-refractivity contribution in [2.45, 2.75) is 0 Å². The molecule has 0 radical (unpaired) electrons. The highest BCUT2D eigenvalue weighted by atomic mass is 16.1. The molecule has 0 aliphatic heterocycles. The molecule has 1 amide bonds. The first-order chi connectivity index (χ1) is 11.0. The number of carbonyl (C=O) groups excluding carboxylic acids is 1. The molecule has 3 aromatic heterocycles. The summed E-state index contributed by atoms with van der Waals surface area (Å²) in [6.07, 6.45) is 3.17. The zero-order valence-electron chi connectivity index (χ0n) is 12.5. The molecular formula is C16H15N5O2. The first kappa shape index (κ1) is 14.7. The molecule has 3 aromatic rings. The molecule has 0 atom stereocenters. The molecule has 0 bridgehead atoms. The van der Waals surface area contributed by atoms with Crippen molar-refractivity contribution in [2.75, 3.05) is 6.54 Å². The van der Waals surface area contributed by atoms with Gasteiger partial charge in [0.05, 0.1) is 10.9 Å². The molecule has 0 aliphatic rings. The summed E-state index contributed by atoms with van der Waals surface area (Å²) in [4.78, 5) is 29.2. The van der Waals surface area contributed by atoms with Crippen molar-refractivity contribution in [1.82, 2.24) is 19.3 Å². The first-order valence-corrected chi connectivity index (χ1v) is 6.99. The van der Waals surface area contributed by atoms with Gasteiger partial charge >= 0.3 is 0 Å². The van der Waals surface area contributed by atoms with Gasteiger partial charge in [-0.2, -0.15) is 0 Å². The number of pyridine rings is 2. The van der Waals surface area contributed by atoms with Gasteiger partial charge in [0.1, 0.15) is 16.8 Å². The molecule has 0 fully saturated rings. The Morgan fingerprint density at radius 3 is 3.00 bits per heavy atom. The van der Waals surface area contributed by atoms with Crippen LogP contribution in [0, 0.1) is 5.41 Å². The molecule has 3 heterocycles. The molecule has 0 saturated carbocycles. The van der Waals surface area contributed by atoms with Crippen LogP contribution in [0.15, 0.2) is 47.9 Å². The van der Waals surface area contributed by atoms with Crippen molar-refractivity contribution in [3.05, 3.63) is 64.5 Å². The lowest BCUT2D eigenvalue weighted by Gasteiger charge is -2.10. The second-order valence-electron chi connectivity index (χ2n) is 5.05. The molecule has 0 saturated heterocycles. The molecule has 7 nitrogen and oxygen atoms in total. The highest BCUT2D eigenvalue weighted by Gasteiger charge is 2.15. The highest BCUT2D eigenvalue weighted by molar-refractivity contribution is 5.96. The minimum Gasteiger partial charge on any atom is -0.348 e. The van der Waals surface area contributed by atoms with E-state index in [1.165, 1.54) is 15.0 Å². The van der Waals surface area contributed by atoms with E-state index in [9.17, 15) is 9.59 Å². The number of nitrogens with one attached hydrogen (secondary N) is 2. The van der Waals surface area contributed by atoms with Crippen LogP contribution in [0.25, 0.3) is 16.7 Å². The Kier molecular flexibility index (Phi) is 3.53. The van der Waals surface area contributed by atoms with Crippen molar-refractivity contribution >= 4 is 22.6 Å². The predicted molar refractivity (Wildman–Crippen MR) is 86.3 cm³/mol. The number of aryl methyl sites for hydroxylation is 1. The van der Waals surface area contributed by atoms with Crippen LogP contribution in [-0.2, 0) is 7.05 Å². The Bertz CT molecular complexity index is 1060. The molecule has 0 aliphatic carbocycles. The normalized spacial score (nSPS) is 10.8. The van der Waals surface area contributed by atoms with Crippen LogP contribution < -0.4 is 16.4 Å². The van der Waals surface area contributed by atoms with Crippen molar-refractivity contribution < 1.29 is 4.79 Å². The number of amides is 1. The molecular weight excluding hydrogens is 294 g/mol.